The summed E-state index contributed by atoms with van der Waals surface area (Å²) in [7, 11) is -11.4. The van der Waals surface area contributed by atoms with Crippen LogP contribution in [0, 0.1) is 0 Å². The number of para-hydroxylation sites is 1. The average Bonchev–Trinajstić information content (AvgIpc) is 2.98. The van der Waals surface area contributed by atoms with Crippen molar-refractivity contribution in [2.75, 3.05) is 16.2 Å². The lowest BCUT2D eigenvalue weighted by atomic mass is 10.3. The number of sulfone groups is 2. The Hall–Kier alpha value is -1.62. The number of anilines is 1. The number of benzene rings is 2. The Bertz CT molecular complexity index is 1190. The highest BCUT2D eigenvalue weighted by molar-refractivity contribution is 7.96. The summed E-state index contributed by atoms with van der Waals surface area (Å²) in [5, 5.41) is -0.877. The Labute approximate surface area is 163 Å². The van der Waals surface area contributed by atoms with Crippen LogP contribution in [0.3, 0.4) is 0 Å². The fourth-order valence-electron chi connectivity index (χ4n) is 2.76. The molecule has 1 aliphatic rings. The first-order valence-electron chi connectivity index (χ1n) is 7.83. The van der Waals surface area contributed by atoms with Crippen LogP contribution in [0.1, 0.15) is 6.42 Å². The van der Waals surface area contributed by atoms with Gasteiger partial charge in [-0.2, -0.15) is 0 Å². The normalized spacial score (nSPS) is 19.7. The summed E-state index contributed by atoms with van der Waals surface area (Å²) in [6.45, 7) is 0. The van der Waals surface area contributed by atoms with Crippen LogP contribution in [0.4, 0.5) is 5.69 Å². The molecule has 1 N–H and O–H groups in total. The Kier molecular flexibility index (Phi) is 5.28. The molecule has 2 aromatic rings. The molecule has 27 heavy (non-hydrogen) atoms. The monoisotopic (exact) mass is 449 g/mol. The molecule has 2 aromatic carbocycles. The van der Waals surface area contributed by atoms with Gasteiger partial charge in [-0.15, -0.1) is 0 Å². The van der Waals surface area contributed by atoms with E-state index >= 15 is 0 Å². The highest BCUT2D eigenvalue weighted by Gasteiger charge is 2.38. The SMILES string of the molecule is O=S1(=O)CC[C@@H](S(=O)(=O)c2cccc(S(=O)(=O)Nc3ccccc3Cl)c2)C1. The number of hydrogen-bond donors (Lipinski definition) is 1. The zero-order valence-electron chi connectivity index (χ0n) is 13.9. The van der Waals surface area contributed by atoms with Gasteiger partial charge in [0.1, 0.15) is 0 Å². The van der Waals surface area contributed by atoms with E-state index in [9.17, 15) is 25.3 Å². The molecular formula is C16H16ClNO6S3. The van der Waals surface area contributed by atoms with E-state index in [1.807, 2.05) is 0 Å². The highest BCUT2D eigenvalue weighted by Crippen LogP contribution is 2.28. The van der Waals surface area contributed by atoms with Gasteiger partial charge in [-0.25, -0.2) is 25.3 Å². The highest BCUT2D eigenvalue weighted by atomic mass is 35.5. The quantitative estimate of drug-likeness (QED) is 0.747. The van der Waals surface area contributed by atoms with E-state index in [1.54, 1.807) is 12.1 Å². The first-order valence-corrected chi connectivity index (χ1v) is 13.1. The third-order valence-electron chi connectivity index (χ3n) is 4.19. The molecule has 0 bridgehead atoms. The Balaban J connectivity index is 1.95. The first kappa shape index (κ1) is 20.1. The molecule has 7 nitrogen and oxygen atoms in total. The lowest BCUT2D eigenvalue weighted by Crippen LogP contribution is -2.23. The number of hydrogen-bond acceptors (Lipinski definition) is 6. The maximum atomic E-state index is 12.7. The number of sulfonamides is 1. The van der Waals surface area contributed by atoms with Gasteiger partial charge in [0.05, 0.1) is 37.3 Å². The van der Waals surface area contributed by atoms with Gasteiger partial charge in [0.2, 0.25) is 0 Å². The number of halogens is 1. The molecule has 11 heteroatoms. The Morgan fingerprint density at radius 1 is 0.963 bits per heavy atom. The van der Waals surface area contributed by atoms with E-state index in [-0.39, 0.29) is 32.7 Å². The first-order chi connectivity index (χ1) is 12.5. The molecule has 0 radical (unpaired) electrons. The lowest BCUT2D eigenvalue weighted by molar-refractivity contribution is 0.582. The predicted molar refractivity (Wildman–Crippen MR) is 103 cm³/mol. The summed E-state index contributed by atoms with van der Waals surface area (Å²) in [6, 6.07) is 11.1. The summed E-state index contributed by atoms with van der Waals surface area (Å²) in [6.07, 6.45) is -0.000479. The molecule has 0 aliphatic carbocycles. The van der Waals surface area contributed by atoms with Gasteiger partial charge in [-0.05, 0) is 36.8 Å². The van der Waals surface area contributed by atoms with E-state index < -0.39 is 40.7 Å². The van der Waals surface area contributed by atoms with Crippen LogP contribution < -0.4 is 4.72 Å². The van der Waals surface area contributed by atoms with E-state index in [2.05, 4.69) is 4.72 Å². The van der Waals surface area contributed by atoms with Crippen molar-refractivity contribution in [2.24, 2.45) is 0 Å². The second kappa shape index (κ2) is 7.08. The predicted octanol–water partition coefficient (Wildman–Crippen LogP) is 2.10. The third kappa shape index (κ3) is 4.29. The average molecular weight is 450 g/mol. The number of rotatable bonds is 5. The molecular weight excluding hydrogens is 434 g/mol. The fraction of sp³-hybridized carbons (Fsp3) is 0.250. The van der Waals surface area contributed by atoms with Crippen LogP contribution in [0.5, 0.6) is 0 Å². The minimum atomic E-state index is -4.08. The molecule has 1 aliphatic heterocycles. The van der Waals surface area contributed by atoms with Gasteiger partial charge < -0.3 is 0 Å². The van der Waals surface area contributed by atoms with Crippen LogP contribution in [-0.4, -0.2) is 42.0 Å². The standard InChI is InChI=1S/C16H16ClNO6S3/c17-15-6-1-2-7-16(15)18-27(23,24)13-5-3-4-12(10-13)26(21,22)14-8-9-25(19,20)11-14/h1-7,10,14,18H,8-9,11H2/t14-/m1/s1. The van der Waals surface area contributed by atoms with Crippen molar-refractivity contribution < 1.29 is 25.3 Å². The van der Waals surface area contributed by atoms with Gasteiger partial charge in [0, 0.05) is 0 Å². The topological polar surface area (TPSA) is 114 Å². The van der Waals surface area contributed by atoms with Crippen LogP contribution in [0.25, 0.3) is 0 Å². The van der Waals surface area contributed by atoms with E-state index in [0.717, 1.165) is 6.07 Å². The maximum Gasteiger partial charge on any atom is 0.261 e. The lowest BCUT2D eigenvalue weighted by Gasteiger charge is -2.13. The molecule has 0 aromatic heterocycles. The third-order valence-corrected chi connectivity index (χ3v) is 10.1. The van der Waals surface area contributed by atoms with Crippen molar-refractivity contribution in [1.82, 2.24) is 0 Å². The summed E-state index contributed by atoms with van der Waals surface area (Å²) in [5.74, 6) is -0.646. The maximum absolute atomic E-state index is 12.7. The second-order valence-corrected chi connectivity index (χ2v) is 12.7. The van der Waals surface area contributed by atoms with E-state index in [1.165, 1.54) is 30.3 Å². The molecule has 1 atom stereocenters. The van der Waals surface area contributed by atoms with Crippen LogP contribution in [0.15, 0.2) is 58.3 Å². The van der Waals surface area contributed by atoms with Crippen molar-refractivity contribution in [2.45, 2.75) is 21.5 Å². The van der Waals surface area contributed by atoms with E-state index in [0.29, 0.717) is 0 Å². The van der Waals surface area contributed by atoms with Gasteiger partial charge >= 0.3 is 0 Å². The molecule has 0 spiro atoms. The van der Waals surface area contributed by atoms with Crippen LogP contribution in [-0.2, 0) is 29.7 Å². The van der Waals surface area contributed by atoms with Crippen molar-refractivity contribution >= 4 is 47.0 Å². The molecule has 146 valence electrons. The van der Waals surface area contributed by atoms with Crippen molar-refractivity contribution in [3.63, 3.8) is 0 Å². The van der Waals surface area contributed by atoms with Crippen molar-refractivity contribution in [3.05, 3.63) is 53.6 Å². The molecule has 1 saturated heterocycles. The summed E-state index contributed by atoms with van der Waals surface area (Å²) >= 11 is 5.95. The zero-order chi connectivity index (χ0) is 19.9. The zero-order valence-corrected chi connectivity index (χ0v) is 17.1. The van der Waals surface area contributed by atoms with Gasteiger partial charge in [-0.3, -0.25) is 4.72 Å². The van der Waals surface area contributed by atoms with Gasteiger partial charge in [0.25, 0.3) is 10.0 Å². The smallest absolute Gasteiger partial charge is 0.261 e. The summed E-state index contributed by atoms with van der Waals surface area (Å²) in [5.41, 5.74) is 0.161. The van der Waals surface area contributed by atoms with E-state index in [4.69, 9.17) is 11.6 Å². The molecule has 1 fully saturated rings. The van der Waals surface area contributed by atoms with Crippen LogP contribution in [0.2, 0.25) is 5.02 Å². The molecule has 1 heterocycles. The largest absolute Gasteiger partial charge is 0.278 e. The fourth-order valence-corrected chi connectivity index (χ4v) is 8.61. The minimum absolute atomic E-state index is 0.000479. The van der Waals surface area contributed by atoms with Crippen molar-refractivity contribution in [3.8, 4) is 0 Å². The molecule has 0 unspecified atom stereocenters. The second-order valence-electron chi connectivity index (χ2n) is 6.13. The van der Waals surface area contributed by atoms with Crippen LogP contribution >= 0.6 is 11.6 Å². The Morgan fingerprint density at radius 3 is 2.26 bits per heavy atom. The molecule has 0 amide bonds. The summed E-state index contributed by atoms with van der Waals surface area (Å²) in [4.78, 5) is -0.490. The van der Waals surface area contributed by atoms with Crippen molar-refractivity contribution in [1.29, 1.82) is 0 Å². The Morgan fingerprint density at radius 2 is 1.63 bits per heavy atom. The molecule has 0 saturated carbocycles. The molecule has 3 rings (SSSR count). The van der Waals surface area contributed by atoms with Gasteiger partial charge in [-0.1, -0.05) is 29.8 Å². The van der Waals surface area contributed by atoms with Gasteiger partial charge in [0.15, 0.2) is 19.7 Å². The minimum Gasteiger partial charge on any atom is -0.278 e. The summed E-state index contributed by atoms with van der Waals surface area (Å²) < 4.78 is 76.1. The number of nitrogens with one attached hydrogen (secondary N) is 1.